The van der Waals surface area contributed by atoms with Crippen LogP contribution in [0.3, 0.4) is 0 Å². The average Bonchev–Trinajstić information content (AvgIpc) is 3.43. The molecule has 190 valence electrons. The summed E-state index contributed by atoms with van der Waals surface area (Å²) in [7, 11) is 6.32. The molecule has 0 fully saturated rings. The molecule has 0 amide bonds. The molecule has 4 rings (SSSR count). The van der Waals surface area contributed by atoms with Crippen molar-refractivity contribution in [1.29, 1.82) is 0 Å². The number of methoxy groups -OCH3 is 4. The Morgan fingerprint density at radius 1 is 0.972 bits per heavy atom. The van der Waals surface area contributed by atoms with Gasteiger partial charge in [0.1, 0.15) is 4.38 Å². The first kappa shape index (κ1) is 26.0. The highest BCUT2D eigenvalue weighted by Crippen LogP contribution is 2.42. The summed E-state index contributed by atoms with van der Waals surface area (Å²) in [5.41, 5.74) is 3.12. The van der Waals surface area contributed by atoms with Gasteiger partial charge in [-0.3, -0.25) is 9.98 Å². The fourth-order valence-corrected chi connectivity index (χ4v) is 5.94. The van der Waals surface area contributed by atoms with Crippen LogP contribution < -0.4 is 18.9 Å². The third-order valence-corrected chi connectivity index (χ3v) is 7.87. The van der Waals surface area contributed by atoms with Gasteiger partial charge < -0.3 is 23.7 Å². The van der Waals surface area contributed by atoms with Crippen molar-refractivity contribution >= 4 is 44.8 Å². The van der Waals surface area contributed by atoms with Crippen molar-refractivity contribution < 1.29 is 28.5 Å². The van der Waals surface area contributed by atoms with Crippen LogP contribution in [0.1, 0.15) is 23.0 Å². The van der Waals surface area contributed by atoms with Gasteiger partial charge in [0, 0.05) is 28.5 Å². The predicted octanol–water partition coefficient (Wildman–Crippen LogP) is 5.45. The first-order valence-corrected chi connectivity index (χ1v) is 13.3. The number of ether oxygens (including phenoxy) is 5. The Balaban J connectivity index is 2.03. The van der Waals surface area contributed by atoms with Crippen LogP contribution in [0.5, 0.6) is 23.0 Å². The molecule has 3 aromatic rings. The monoisotopic (exact) mass is 528 g/mol. The number of thioether (sulfide) groups is 2. The summed E-state index contributed by atoms with van der Waals surface area (Å²) < 4.78 is 28.6. The highest BCUT2D eigenvalue weighted by Gasteiger charge is 2.26. The maximum Gasteiger partial charge on any atom is 0.340 e. The zero-order chi connectivity index (χ0) is 25.7. The normalized spacial score (nSPS) is 12.9. The minimum Gasteiger partial charge on any atom is -0.493 e. The minimum absolute atomic E-state index is 0.239. The van der Waals surface area contributed by atoms with Crippen LogP contribution >= 0.6 is 23.5 Å². The molecule has 1 aliphatic heterocycles. The van der Waals surface area contributed by atoms with Crippen molar-refractivity contribution in [2.45, 2.75) is 12.7 Å². The molecule has 8 nitrogen and oxygen atoms in total. The van der Waals surface area contributed by atoms with E-state index in [-0.39, 0.29) is 6.61 Å². The molecular formula is C26H28N2O6S2. The summed E-state index contributed by atoms with van der Waals surface area (Å²) in [5, 5.41) is 0.726. The third-order valence-electron chi connectivity index (χ3n) is 5.61. The van der Waals surface area contributed by atoms with Crippen molar-refractivity contribution in [3.63, 3.8) is 0 Å². The summed E-state index contributed by atoms with van der Waals surface area (Å²) in [4.78, 5) is 22.9. The van der Waals surface area contributed by atoms with E-state index >= 15 is 0 Å². The van der Waals surface area contributed by atoms with Crippen LogP contribution in [0.2, 0.25) is 0 Å². The Morgan fingerprint density at radius 3 is 2.31 bits per heavy atom. The van der Waals surface area contributed by atoms with E-state index in [9.17, 15) is 4.79 Å². The second-order valence-electron chi connectivity index (χ2n) is 7.61. The lowest BCUT2D eigenvalue weighted by Crippen LogP contribution is -2.12. The maximum atomic E-state index is 13.4. The maximum absolute atomic E-state index is 13.4. The average molecular weight is 529 g/mol. The molecule has 0 radical (unpaired) electrons. The van der Waals surface area contributed by atoms with Crippen LogP contribution in [0.4, 0.5) is 0 Å². The molecule has 0 unspecified atom stereocenters. The number of benzene rings is 2. The first-order valence-electron chi connectivity index (χ1n) is 11.3. The number of carbonyl (C=O) groups excluding carboxylic acids is 1. The van der Waals surface area contributed by atoms with Gasteiger partial charge in [-0.1, -0.05) is 29.6 Å². The lowest BCUT2D eigenvalue weighted by molar-refractivity contribution is 0.0526. The van der Waals surface area contributed by atoms with E-state index in [1.807, 2.05) is 30.3 Å². The lowest BCUT2D eigenvalue weighted by atomic mass is 9.93. The van der Waals surface area contributed by atoms with Gasteiger partial charge in [0.25, 0.3) is 0 Å². The number of fused-ring (bicyclic) bond motifs is 1. The number of rotatable bonds is 9. The van der Waals surface area contributed by atoms with Gasteiger partial charge in [-0.2, -0.15) is 0 Å². The molecular weight excluding hydrogens is 500 g/mol. The highest BCUT2D eigenvalue weighted by molar-refractivity contribution is 8.38. The van der Waals surface area contributed by atoms with Gasteiger partial charge in [0.2, 0.25) is 0 Å². The molecule has 0 saturated carbocycles. The molecule has 36 heavy (non-hydrogen) atoms. The van der Waals surface area contributed by atoms with Gasteiger partial charge >= 0.3 is 5.97 Å². The summed E-state index contributed by atoms with van der Waals surface area (Å²) in [6.45, 7) is 2.83. The summed E-state index contributed by atoms with van der Waals surface area (Å²) in [6, 6.07) is 9.21. The molecule has 1 aromatic heterocycles. The summed E-state index contributed by atoms with van der Waals surface area (Å²) in [5.74, 6) is 3.20. The van der Waals surface area contributed by atoms with E-state index in [2.05, 4.69) is 4.99 Å². The molecule has 1 aliphatic rings. The number of nitrogens with zero attached hydrogens (tertiary/aromatic N) is 2. The van der Waals surface area contributed by atoms with E-state index in [4.69, 9.17) is 28.7 Å². The van der Waals surface area contributed by atoms with Gasteiger partial charge in [-0.25, -0.2) is 4.79 Å². The Kier molecular flexibility index (Phi) is 8.48. The molecule has 2 aromatic carbocycles. The molecule has 2 heterocycles. The van der Waals surface area contributed by atoms with Gasteiger partial charge in [-0.05, 0) is 30.7 Å². The third kappa shape index (κ3) is 5.19. The van der Waals surface area contributed by atoms with Crippen molar-refractivity contribution in [2.75, 3.05) is 47.3 Å². The van der Waals surface area contributed by atoms with Crippen molar-refractivity contribution in [3.05, 3.63) is 41.6 Å². The quantitative estimate of drug-likeness (QED) is 0.336. The predicted molar refractivity (Wildman–Crippen MR) is 145 cm³/mol. The van der Waals surface area contributed by atoms with Crippen LogP contribution in [0.25, 0.3) is 22.0 Å². The lowest BCUT2D eigenvalue weighted by Gasteiger charge is -2.19. The Labute approximate surface area is 218 Å². The summed E-state index contributed by atoms with van der Waals surface area (Å²) in [6.07, 6.45) is 0. The molecule has 0 spiro atoms. The number of pyridine rings is 1. The van der Waals surface area contributed by atoms with Crippen LogP contribution in [-0.2, 0) is 10.5 Å². The molecule has 10 heteroatoms. The fraction of sp³-hybridized carbons (Fsp3) is 0.346. The van der Waals surface area contributed by atoms with Gasteiger partial charge in [0.15, 0.2) is 23.0 Å². The topological polar surface area (TPSA) is 88.5 Å². The first-order chi connectivity index (χ1) is 17.5. The van der Waals surface area contributed by atoms with E-state index in [0.717, 1.165) is 27.6 Å². The van der Waals surface area contributed by atoms with E-state index < -0.39 is 5.97 Å². The zero-order valence-electron chi connectivity index (χ0n) is 20.9. The SMILES string of the molecule is CCOC(=O)c1c(CSC2=NCCS2)nc2cc(OC)c(OC)cc2c1-c1ccc(OC)c(OC)c1. The van der Waals surface area contributed by atoms with Crippen molar-refractivity contribution in [1.82, 2.24) is 4.98 Å². The Bertz CT molecular complexity index is 1310. The highest BCUT2D eigenvalue weighted by atomic mass is 32.2. The molecule has 0 saturated heterocycles. The van der Waals surface area contributed by atoms with Crippen molar-refractivity contribution in [2.24, 2.45) is 4.99 Å². The van der Waals surface area contributed by atoms with Gasteiger partial charge in [-0.15, -0.1) is 0 Å². The number of esters is 1. The van der Waals surface area contributed by atoms with Crippen LogP contribution in [-0.4, -0.2) is 62.7 Å². The van der Waals surface area contributed by atoms with E-state index in [0.29, 0.717) is 51.1 Å². The second-order valence-corrected chi connectivity index (χ2v) is 9.91. The van der Waals surface area contributed by atoms with Crippen molar-refractivity contribution in [3.8, 4) is 34.1 Å². The van der Waals surface area contributed by atoms with E-state index in [1.54, 1.807) is 58.9 Å². The van der Waals surface area contributed by atoms with E-state index in [1.165, 1.54) is 0 Å². The molecule has 0 aliphatic carbocycles. The zero-order valence-corrected chi connectivity index (χ0v) is 22.5. The number of hydrogen-bond donors (Lipinski definition) is 0. The van der Waals surface area contributed by atoms with Crippen LogP contribution in [0.15, 0.2) is 35.3 Å². The number of aromatic nitrogens is 1. The summed E-state index contributed by atoms with van der Waals surface area (Å²) >= 11 is 3.29. The molecule has 0 atom stereocenters. The molecule has 0 bridgehead atoms. The smallest absolute Gasteiger partial charge is 0.340 e. The standard InChI is InChI=1S/C26H28N2O6S2/c1-6-34-25(29)24-18(14-36-26-27-9-10-35-26)28-17-13-22(33-5)21(32-4)12-16(17)23(24)15-7-8-19(30-2)20(11-15)31-3/h7-8,11-13H,6,9-10,14H2,1-5H3. The number of hydrogen-bond acceptors (Lipinski definition) is 10. The minimum atomic E-state index is -0.442. The van der Waals surface area contributed by atoms with Crippen LogP contribution in [0, 0.1) is 0 Å². The number of carbonyl (C=O) groups is 1. The Hall–Kier alpha value is -3.11. The fourth-order valence-electron chi connectivity index (χ4n) is 3.99. The molecule has 0 N–H and O–H groups in total. The Morgan fingerprint density at radius 2 is 1.67 bits per heavy atom. The largest absolute Gasteiger partial charge is 0.493 e. The number of aliphatic imine (C=N–C) groups is 1. The van der Waals surface area contributed by atoms with Gasteiger partial charge in [0.05, 0.1) is 58.4 Å². The second kappa shape index (κ2) is 11.7.